The van der Waals surface area contributed by atoms with Gasteiger partial charge >= 0.3 is 0 Å². The zero-order valence-electron chi connectivity index (χ0n) is 9.18. The van der Waals surface area contributed by atoms with Gasteiger partial charge in [0.15, 0.2) is 0 Å². The maximum Gasteiger partial charge on any atom is 0.223 e. The molecular formula is C11H20N2O. The van der Waals surface area contributed by atoms with E-state index in [1.807, 2.05) is 4.90 Å². The van der Waals surface area contributed by atoms with Crippen LogP contribution in [0.3, 0.4) is 0 Å². The Labute approximate surface area is 85.8 Å². The molecule has 0 aromatic heterocycles. The Bertz CT molecular complexity index is 231. The maximum atomic E-state index is 11.8. The molecule has 0 unspecified atom stereocenters. The second-order valence-electron chi connectivity index (χ2n) is 5.04. The summed E-state index contributed by atoms with van der Waals surface area (Å²) in [6.07, 6.45) is 3.12. The molecule has 2 heterocycles. The number of carbonyl (C=O) groups is 1. The van der Waals surface area contributed by atoms with Crippen LogP contribution in [0.2, 0.25) is 0 Å². The van der Waals surface area contributed by atoms with Crippen LogP contribution in [0.4, 0.5) is 0 Å². The average Bonchev–Trinajstić information content (AvgIpc) is 2.44. The van der Waals surface area contributed by atoms with E-state index in [9.17, 15) is 4.79 Å². The Hall–Kier alpha value is -0.570. The molecule has 0 aliphatic carbocycles. The molecule has 2 rings (SSSR count). The van der Waals surface area contributed by atoms with Crippen LogP contribution in [0, 0.1) is 5.41 Å². The van der Waals surface area contributed by atoms with Crippen molar-refractivity contribution < 1.29 is 4.79 Å². The summed E-state index contributed by atoms with van der Waals surface area (Å²) in [6, 6.07) is 0.372. The standard InChI is InChI=1S/C11H20N2O/c1-9(2)13-8-11(7-10(13)14)3-5-12-6-4-11/h9,12H,3-8H2,1-2H3. The fraction of sp³-hybridized carbons (Fsp3) is 0.909. The van der Waals surface area contributed by atoms with Crippen LogP contribution in [-0.2, 0) is 4.79 Å². The number of nitrogens with zero attached hydrogens (tertiary/aromatic N) is 1. The number of piperidine rings is 1. The van der Waals surface area contributed by atoms with Gasteiger partial charge in [-0.2, -0.15) is 0 Å². The summed E-state index contributed by atoms with van der Waals surface area (Å²) in [7, 11) is 0. The fourth-order valence-electron chi connectivity index (χ4n) is 2.69. The molecule has 3 nitrogen and oxygen atoms in total. The number of hydrogen-bond acceptors (Lipinski definition) is 2. The lowest BCUT2D eigenvalue weighted by Crippen LogP contribution is -2.40. The largest absolute Gasteiger partial charge is 0.340 e. The molecule has 1 N–H and O–H groups in total. The maximum absolute atomic E-state index is 11.8. The minimum absolute atomic E-state index is 0.312. The van der Waals surface area contributed by atoms with Crippen molar-refractivity contribution in [3.05, 3.63) is 0 Å². The van der Waals surface area contributed by atoms with Crippen LogP contribution in [0.1, 0.15) is 33.1 Å². The van der Waals surface area contributed by atoms with Crippen molar-refractivity contribution in [2.24, 2.45) is 5.41 Å². The highest BCUT2D eigenvalue weighted by Crippen LogP contribution is 2.39. The van der Waals surface area contributed by atoms with Gasteiger partial charge in [-0.1, -0.05) is 0 Å². The molecule has 3 heteroatoms. The second-order valence-corrected chi connectivity index (χ2v) is 5.04. The molecule has 80 valence electrons. The highest BCUT2D eigenvalue weighted by molar-refractivity contribution is 5.79. The van der Waals surface area contributed by atoms with Crippen molar-refractivity contribution in [1.29, 1.82) is 0 Å². The lowest BCUT2D eigenvalue weighted by molar-refractivity contribution is -0.129. The molecule has 0 aromatic rings. The van der Waals surface area contributed by atoms with Crippen LogP contribution >= 0.6 is 0 Å². The van der Waals surface area contributed by atoms with E-state index < -0.39 is 0 Å². The van der Waals surface area contributed by atoms with Gasteiger partial charge in [0.25, 0.3) is 0 Å². The SMILES string of the molecule is CC(C)N1CC2(CCNCC2)CC1=O. The number of amides is 1. The first kappa shape index (κ1) is 9.97. The van der Waals surface area contributed by atoms with Crippen molar-refractivity contribution in [3.8, 4) is 0 Å². The average molecular weight is 196 g/mol. The summed E-state index contributed by atoms with van der Waals surface area (Å²) >= 11 is 0. The predicted molar refractivity (Wildman–Crippen MR) is 56.0 cm³/mol. The molecule has 1 spiro atoms. The van der Waals surface area contributed by atoms with Gasteiger partial charge in [0, 0.05) is 19.0 Å². The van der Waals surface area contributed by atoms with Gasteiger partial charge in [-0.05, 0) is 45.2 Å². The van der Waals surface area contributed by atoms with Crippen LogP contribution in [-0.4, -0.2) is 36.5 Å². The Morgan fingerprint density at radius 3 is 2.50 bits per heavy atom. The Morgan fingerprint density at radius 1 is 1.36 bits per heavy atom. The number of likely N-dealkylation sites (tertiary alicyclic amines) is 1. The number of carbonyl (C=O) groups excluding carboxylic acids is 1. The van der Waals surface area contributed by atoms with Gasteiger partial charge in [-0.3, -0.25) is 4.79 Å². The van der Waals surface area contributed by atoms with Gasteiger partial charge < -0.3 is 10.2 Å². The van der Waals surface area contributed by atoms with Gasteiger partial charge in [-0.25, -0.2) is 0 Å². The third-order valence-electron chi connectivity index (χ3n) is 3.64. The van der Waals surface area contributed by atoms with E-state index in [4.69, 9.17) is 0 Å². The fourth-order valence-corrected chi connectivity index (χ4v) is 2.69. The first-order valence-electron chi connectivity index (χ1n) is 5.63. The minimum atomic E-state index is 0.312. The van der Waals surface area contributed by atoms with E-state index in [1.54, 1.807) is 0 Å². The van der Waals surface area contributed by atoms with Crippen LogP contribution in [0.15, 0.2) is 0 Å². The summed E-state index contributed by atoms with van der Waals surface area (Å²) < 4.78 is 0. The molecule has 0 bridgehead atoms. The van der Waals surface area contributed by atoms with E-state index in [1.165, 1.54) is 12.8 Å². The zero-order valence-corrected chi connectivity index (χ0v) is 9.18. The third kappa shape index (κ3) is 1.65. The van der Waals surface area contributed by atoms with Crippen LogP contribution in [0.5, 0.6) is 0 Å². The number of nitrogens with one attached hydrogen (secondary N) is 1. The van der Waals surface area contributed by atoms with Crippen molar-refractivity contribution in [1.82, 2.24) is 10.2 Å². The smallest absolute Gasteiger partial charge is 0.223 e. The Kier molecular flexibility index (Phi) is 2.52. The van der Waals surface area contributed by atoms with Gasteiger partial charge in [0.2, 0.25) is 5.91 Å². The third-order valence-corrected chi connectivity index (χ3v) is 3.64. The van der Waals surface area contributed by atoms with Crippen molar-refractivity contribution in [2.45, 2.75) is 39.2 Å². The first-order chi connectivity index (χ1) is 6.63. The normalized spacial score (nSPS) is 26.5. The van der Waals surface area contributed by atoms with E-state index in [-0.39, 0.29) is 0 Å². The van der Waals surface area contributed by atoms with Crippen molar-refractivity contribution in [3.63, 3.8) is 0 Å². The van der Waals surface area contributed by atoms with E-state index >= 15 is 0 Å². The first-order valence-corrected chi connectivity index (χ1v) is 5.63. The van der Waals surface area contributed by atoms with E-state index in [0.717, 1.165) is 26.1 Å². The Balaban J connectivity index is 2.07. The lowest BCUT2D eigenvalue weighted by atomic mass is 9.78. The van der Waals surface area contributed by atoms with E-state index in [0.29, 0.717) is 17.4 Å². The molecule has 2 fully saturated rings. The van der Waals surface area contributed by atoms with Crippen LogP contribution < -0.4 is 5.32 Å². The molecule has 2 aliphatic heterocycles. The molecule has 0 radical (unpaired) electrons. The van der Waals surface area contributed by atoms with Crippen LogP contribution in [0.25, 0.3) is 0 Å². The van der Waals surface area contributed by atoms with Gasteiger partial charge in [-0.15, -0.1) is 0 Å². The van der Waals surface area contributed by atoms with Gasteiger partial charge in [0.1, 0.15) is 0 Å². The van der Waals surface area contributed by atoms with E-state index in [2.05, 4.69) is 19.2 Å². The lowest BCUT2D eigenvalue weighted by Gasteiger charge is -2.33. The Morgan fingerprint density at radius 2 is 2.00 bits per heavy atom. The van der Waals surface area contributed by atoms with Crippen molar-refractivity contribution >= 4 is 5.91 Å². The molecular weight excluding hydrogens is 176 g/mol. The monoisotopic (exact) mass is 196 g/mol. The van der Waals surface area contributed by atoms with Gasteiger partial charge in [0.05, 0.1) is 0 Å². The number of hydrogen-bond donors (Lipinski definition) is 1. The van der Waals surface area contributed by atoms with Crippen molar-refractivity contribution in [2.75, 3.05) is 19.6 Å². The molecule has 0 saturated carbocycles. The molecule has 2 saturated heterocycles. The topological polar surface area (TPSA) is 32.3 Å². The highest BCUT2D eigenvalue weighted by atomic mass is 16.2. The summed E-state index contributed by atoms with van der Waals surface area (Å²) in [6.45, 7) is 7.37. The highest BCUT2D eigenvalue weighted by Gasteiger charge is 2.44. The zero-order chi connectivity index (χ0) is 10.2. The summed E-state index contributed by atoms with van der Waals surface area (Å²) in [4.78, 5) is 13.8. The summed E-state index contributed by atoms with van der Waals surface area (Å²) in [5, 5.41) is 3.36. The molecule has 2 aliphatic rings. The molecule has 0 aromatic carbocycles. The quantitative estimate of drug-likeness (QED) is 0.678. The molecule has 1 amide bonds. The second kappa shape index (κ2) is 3.54. The summed E-state index contributed by atoms with van der Waals surface area (Å²) in [5.74, 6) is 0.363. The summed E-state index contributed by atoms with van der Waals surface area (Å²) in [5.41, 5.74) is 0.312. The predicted octanol–water partition coefficient (Wildman–Crippen LogP) is 0.997. The number of rotatable bonds is 1. The molecule has 14 heavy (non-hydrogen) atoms. The minimum Gasteiger partial charge on any atom is -0.340 e. The molecule has 0 atom stereocenters.